The van der Waals surface area contributed by atoms with Crippen LogP contribution in [-0.2, 0) is 24.3 Å². The third-order valence-electron chi connectivity index (χ3n) is 4.92. The van der Waals surface area contributed by atoms with Crippen molar-refractivity contribution < 1.29 is 22.7 Å². The Balaban J connectivity index is 1.71. The van der Waals surface area contributed by atoms with Crippen LogP contribution in [0.2, 0.25) is 4.34 Å². The van der Waals surface area contributed by atoms with E-state index in [-0.39, 0.29) is 18.9 Å². The fourth-order valence-corrected chi connectivity index (χ4v) is 5.74. The number of thiophene rings is 1. The van der Waals surface area contributed by atoms with Crippen molar-refractivity contribution in [3.8, 4) is 0 Å². The van der Waals surface area contributed by atoms with Crippen LogP contribution in [0, 0.1) is 0 Å². The molecule has 12 heteroatoms. The third kappa shape index (κ3) is 7.00. The van der Waals surface area contributed by atoms with Crippen molar-refractivity contribution in [2.45, 2.75) is 19.4 Å². The van der Waals surface area contributed by atoms with Crippen LogP contribution in [-0.4, -0.2) is 73.3 Å². The van der Waals surface area contributed by atoms with Gasteiger partial charge in [0.05, 0.1) is 10.9 Å². The summed E-state index contributed by atoms with van der Waals surface area (Å²) < 4.78 is 32.6. The molecule has 0 bridgehead atoms. The van der Waals surface area contributed by atoms with Crippen molar-refractivity contribution in [2.75, 3.05) is 38.1 Å². The van der Waals surface area contributed by atoms with Crippen LogP contribution < -0.4 is 5.32 Å². The fraction of sp³-hybridized carbons (Fsp3) is 0.381. The molecule has 33 heavy (non-hydrogen) atoms. The first-order valence-electron chi connectivity index (χ1n) is 10.3. The van der Waals surface area contributed by atoms with Crippen molar-refractivity contribution in [1.29, 1.82) is 0 Å². The molecule has 0 aromatic carbocycles. The summed E-state index contributed by atoms with van der Waals surface area (Å²) in [6.07, 6.45) is 5.01. The molecule has 9 nitrogen and oxygen atoms in total. The number of ether oxygens (including phenoxy) is 1. The molecule has 1 aliphatic rings. The number of rotatable bonds is 11. The average molecular weight is 513 g/mol. The number of esters is 1. The maximum Gasteiger partial charge on any atom is 0.321 e. The number of carbonyl (C=O) groups excluding carboxylic acids is 2. The van der Waals surface area contributed by atoms with Gasteiger partial charge < -0.3 is 15.0 Å². The smallest absolute Gasteiger partial charge is 0.321 e. The second-order valence-corrected chi connectivity index (χ2v) is 10.7. The van der Waals surface area contributed by atoms with Crippen LogP contribution in [0.25, 0.3) is 6.08 Å². The predicted molar refractivity (Wildman–Crippen MR) is 128 cm³/mol. The zero-order valence-corrected chi connectivity index (χ0v) is 20.4. The van der Waals surface area contributed by atoms with Crippen LogP contribution in [0.1, 0.15) is 18.2 Å². The second kappa shape index (κ2) is 11.6. The zero-order chi connectivity index (χ0) is 23.8. The minimum Gasteiger partial charge on any atom is -0.465 e. The van der Waals surface area contributed by atoms with E-state index in [4.69, 9.17) is 16.3 Å². The van der Waals surface area contributed by atoms with E-state index in [0.717, 1.165) is 15.4 Å². The molecule has 0 aliphatic carbocycles. The molecule has 0 spiro atoms. The van der Waals surface area contributed by atoms with Gasteiger partial charge in [0.1, 0.15) is 12.6 Å². The summed E-state index contributed by atoms with van der Waals surface area (Å²) >= 11 is 7.12. The number of hydrogen-bond donors (Lipinski definition) is 1. The molecule has 1 aliphatic heterocycles. The number of hydrogen-bond acceptors (Lipinski definition) is 8. The topological polar surface area (TPSA) is 109 Å². The molecule has 2 aromatic heterocycles. The lowest BCUT2D eigenvalue weighted by molar-refractivity contribution is -0.144. The Hall–Kier alpha value is -2.47. The summed E-state index contributed by atoms with van der Waals surface area (Å²) in [6, 6.07) is 6.00. The first kappa shape index (κ1) is 25.2. The molecular formula is C21H25ClN4O5S2. The monoisotopic (exact) mass is 512 g/mol. The number of nitrogens with one attached hydrogen (secondary N) is 1. The number of sulfonamides is 1. The Morgan fingerprint density at radius 3 is 2.79 bits per heavy atom. The summed E-state index contributed by atoms with van der Waals surface area (Å²) in [5.74, 6) is -1.05. The van der Waals surface area contributed by atoms with Crippen molar-refractivity contribution in [1.82, 2.24) is 14.2 Å². The highest BCUT2D eigenvalue weighted by atomic mass is 35.5. The predicted octanol–water partition coefficient (Wildman–Crippen LogP) is 2.68. The summed E-state index contributed by atoms with van der Waals surface area (Å²) in [4.78, 5) is 31.4. The van der Waals surface area contributed by atoms with Gasteiger partial charge in [-0.15, -0.1) is 11.3 Å². The van der Waals surface area contributed by atoms with Gasteiger partial charge in [-0.1, -0.05) is 11.6 Å². The van der Waals surface area contributed by atoms with Gasteiger partial charge in [-0.05, 0) is 43.7 Å². The van der Waals surface area contributed by atoms with Crippen molar-refractivity contribution in [3.05, 3.63) is 51.3 Å². The molecule has 2 aromatic rings. The van der Waals surface area contributed by atoms with Crippen molar-refractivity contribution in [3.63, 3.8) is 0 Å². The van der Waals surface area contributed by atoms with Gasteiger partial charge in [-0.3, -0.25) is 14.6 Å². The van der Waals surface area contributed by atoms with E-state index in [1.807, 2.05) is 12.1 Å². The lowest BCUT2D eigenvalue weighted by atomic mass is 10.2. The highest BCUT2D eigenvalue weighted by molar-refractivity contribution is 7.92. The Morgan fingerprint density at radius 1 is 1.36 bits per heavy atom. The molecule has 1 amide bonds. The van der Waals surface area contributed by atoms with Gasteiger partial charge in [0, 0.05) is 48.0 Å². The van der Waals surface area contributed by atoms with E-state index in [1.165, 1.54) is 17.4 Å². The molecule has 0 radical (unpaired) electrons. The van der Waals surface area contributed by atoms with E-state index in [9.17, 15) is 18.0 Å². The Labute approximate surface area is 202 Å². The number of anilines is 1. The number of carbonyl (C=O) groups is 2. The molecule has 1 fully saturated rings. The summed E-state index contributed by atoms with van der Waals surface area (Å²) in [7, 11) is -4.08. The quantitative estimate of drug-likeness (QED) is 0.461. The van der Waals surface area contributed by atoms with Gasteiger partial charge in [-0.2, -0.15) is 4.31 Å². The molecule has 3 heterocycles. The van der Waals surface area contributed by atoms with Gasteiger partial charge in [0.15, 0.2) is 0 Å². The average Bonchev–Trinajstić information content (AvgIpc) is 3.37. The van der Waals surface area contributed by atoms with E-state index in [2.05, 4.69) is 10.3 Å². The van der Waals surface area contributed by atoms with Gasteiger partial charge in [-0.25, -0.2) is 8.42 Å². The second-order valence-electron chi connectivity index (χ2n) is 7.13. The summed E-state index contributed by atoms with van der Waals surface area (Å²) in [5, 5.41) is 4.19. The summed E-state index contributed by atoms with van der Waals surface area (Å²) in [6.45, 7) is 2.49. The third-order valence-corrected chi connectivity index (χ3v) is 7.64. The van der Waals surface area contributed by atoms with Crippen LogP contribution in [0.5, 0.6) is 0 Å². The highest BCUT2D eigenvalue weighted by Gasteiger charge is 2.41. The van der Waals surface area contributed by atoms with Gasteiger partial charge in [0.25, 0.3) is 0 Å². The molecule has 3 rings (SSSR count). The van der Waals surface area contributed by atoms with Crippen LogP contribution in [0.4, 0.5) is 5.69 Å². The number of pyridine rings is 1. The SMILES string of the molecule is CCOC(=O)CN(C1CCN(CCNc2ccncc2)C1=O)S(=O)(=O)/C=C/c1ccc(Cl)s1. The Bertz CT molecular complexity index is 1090. The lowest BCUT2D eigenvalue weighted by Gasteiger charge is -2.25. The van der Waals surface area contributed by atoms with Crippen LogP contribution >= 0.6 is 22.9 Å². The number of aromatic nitrogens is 1. The zero-order valence-electron chi connectivity index (χ0n) is 18.0. The number of likely N-dealkylation sites (tertiary alicyclic amines) is 1. The number of amides is 1. The van der Waals surface area contributed by atoms with Crippen LogP contribution in [0.3, 0.4) is 0 Å². The van der Waals surface area contributed by atoms with Gasteiger partial charge in [0.2, 0.25) is 15.9 Å². The van der Waals surface area contributed by atoms with E-state index in [1.54, 1.807) is 36.4 Å². The number of nitrogens with zero attached hydrogens (tertiary/aromatic N) is 3. The number of halogens is 1. The minimum absolute atomic E-state index is 0.113. The first-order chi connectivity index (χ1) is 15.8. The van der Waals surface area contributed by atoms with Gasteiger partial charge >= 0.3 is 5.97 Å². The minimum atomic E-state index is -4.08. The normalized spacial score (nSPS) is 16.6. The molecule has 1 unspecified atom stereocenters. The maximum absolute atomic E-state index is 13.1. The Morgan fingerprint density at radius 2 is 2.12 bits per heavy atom. The molecule has 178 valence electrons. The van der Waals surface area contributed by atoms with E-state index < -0.39 is 28.6 Å². The lowest BCUT2D eigenvalue weighted by Crippen LogP contribution is -2.47. The van der Waals surface area contributed by atoms with E-state index in [0.29, 0.717) is 28.8 Å². The molecular weight excluding hydrogens is 488 g/mol. The fourth-order valence-electron chi connectivity index (χ4n) is 3.38. The van der Waals surface area contributed by atoms with Crippen molar-refractivity contribution >= 4 is 56.6 Å². The Kier molecular flexibility index (Phi) is 8.84. The maximum atomic E-state index is 13.1. The van der Waals surface area contributed by atoms with Crippen LogP contribution in [0.15, 0.2) is 42.1 Å². The first-order valence-corrected chi connectivity index (χ1v) is 13.0. The summed E-state index contributed by atoms with van der Waals surface area (Å²) in [5.41, 5.74) is 0.874. The standard InChI is InChI=1S/C21H25ClN4O5S2/c1-2-31-20(27)15-26(33(29,30)14-8-17-3-4-19(22)32-17)18-7-12-25(21(18)28)13-11-24-16-5-9-23-10-6-16/h3-6,8-10,14,18H,2,7,11-13,15H2,1H3,(H,23,24)/b14-8+. The van der Waals surface area contributed by atoms with E-state index >= 15 is 0 Å². The molecule has 1 atom stereocenters. The molecule has 1 N–H and O–H groups in total. The highest BCUT2D eigenvalue weighted by Crippen LogP contribution is 2.25. The molecule has 0 saturated carbocycles. The van der Waals surface area contributed by atoms with Crippen molar-refractivity contribution in [2.24, 2.45) is 0 Å². The molecule has 1 saturated heterocycles. The largest absolute Gasteiger partial charge is 0.465 e.